The lowest BCUT2D eigenvalue weighted by Crippen LogP contribution is -2.46. The van der Waals surface area contributed by atoms with Gasteiger partial charge in [-0.15, -0.1) is 0 Å². The molecule has 0 heterocycles. The van der Waals surface area contributed by atoms with Gasteiger partial charge in [-0.25, -0.2) is 4.79 Å². The zero-order valence-electron chi connectivity index (χ0n) is 12.0. The van der Waals surface area contributed by atoms with Crippen LogP contribution in [-0.2, 0) is 9.59 Å². The highest BCUT2D eigenvalue weighted by Gasteiger charge is 2.24. The zero-order valence-corrected chi connectivity index (χ0v) is 12.0. The summed E-state index contributed by atoms with van der Waals surface area (Å²) >= 11 is 0. The molecular weight excluding hydrogens is 274 g/mol. The van der Waals surface area contributed by atoms with Gasteiger partial charge in [0.2, 0.25) is 5.91 Å². The smallest absolute Gasteiger partial charge is 0.326 e. The van der Waals surface area contributed by atoms with Gasteiger partial charge in [0, 0.05) is 18.3 Å². The van der Waals surface area contributed by atoms with E-state index in [0.717, 1.165) is 4.90 Å². The lowest BCUT2D eigenvalue weighted by Gasteiger charge is -2.23. The van der Waals surface area contributed by atoms with Gasteiger partial charge in [-0.3, -0.25) is 9.59 Å². The predicted octanol–water partition coefficient (Wildman–Crippen LogP) is 0.320. The van der Waals surface area contributed by atoms with Crippen LogP contribution in [0.4, 0.5) is 5.69 Å². The maximum absolute atomic E-state index is 11.9. The van der Waals surface area contributed by atoms with Crippen LogP contribution < -0.4 is 11.1 Å². The molecule has 0 radical (unpaired) electrons. The summed E-state index contributed by atoms with van der Waals surface area (Å²) in [6, 6.07) is 5.36. The van der Waals surface area contributed by atoms with Gasteiger partial charge in [0.05, 0.1) is 6.54 Å². The number of aliphatic carboxylic acids is 1. The lowest BCUT2D eigenvalue weighted by molar-refractivity contribution is -0.148. The number of carboxylic acid groups (broad SMARTS) is 1. The Labute approximate surface area is 122 Å². The van der Waals surface area contributed by atoms with E-state index >= 15 is 0 Å². The molecule has 0 aromatic heterocycles. The quantitative estimate of drug-likeness (QED) is 0.654. The topological polar surface area (TPSA) is 113 Å². The SMILES string of the molecule is CCC(C(=O)O)N(C)C(=O)CNC(=O)c1ccc(N)cc1. The first kappa shape index (κ1) is 16.5. The molecule has 0 spiro atoms. The van der Waals surface area contributed by atoms with E-state index in [9.17, 15) is 14.4 Å². The van der Waals surface area contributed by atoms with E-state index in [1.54, 1.807) is 31.2 Å². The largest absolute Gasteiger partial charge is 0.480 e. The first-order valence-electron chi connectivity index (χ1n) is 6.49. The normalized spacial score (nSPS) is 11.5. The molecule has 21 heavy (non-hydrogen) atoms. The van der Waals surface area contributed by atoms with Crippen molar-refractivity contribution in [1.82, 2.24) is 10.2 Å². The summed E-state index contributed by atoms with van der Waals surface area (Å²) in [5.41, 5.74) is 6.43. The Balaban J connectivity index is 2.58. The number of rotatable bonds is 6. The summed E-state index contributed by atoms with van der Waals surface area (Å²) < 4.78 is 0. The fraction of sp³-hybridized carbons (Fsp3) is 0.357. The van der Waals surface area contributed by atoms with Crippen LogP contribution in [0.1, 0.15) is 23.7 Å². The van der Waals surface area contributed by atoms with Gasteiger partial charge in [0.15, 0.2) is 0 Å². The van der Waals surface area contributed by atoms with Crippen molar-refractivity contribution in [1.29, 1.82) is 0 Å². The Hall–Kier alpha value is -2.57. The third kappa shape index (κ3) is 4.48. The number of carbonyl (C=O) groups is 3. The number of likely N-dealkylation sites (N-methyl/N-ethyl adjacent to an activating group) is 1. The van der Waals surface area contributed by atoms with Crippen LogP contribution in [-0.4, -0.2) is 47.4 Å². The fourth-order valence-corrected chi connectivity index (χ4v) is 1.81. The summed E-state index contributed by atoms with van der Waals surface area (Å²) in [6.07, 6.45) is 0.295. The second-order valence-corrected chi connectivity index (χ2v) is 4.57. The van der Waals surface area contributed by atoms with Gasteiger partial charge in [-0.1, -0.05) is 6.92 Å². The molecular formula is C14H19N3O4. The van der Waals surface area contributed by atoms with Crippen molar-refractivity contribution >= 4 is 23.5 Å². The van der Waals surface area contributed by atoms with Crippen molar-refractivity contribution in [2.24, 2.45) is 0 Å². The van der Waals surface area contributed by atoms with Crippen LogP contribution in [0.15, 0.2) is 24.3 Å². The molecule has 114 valence electrons. The number of nitrogens with one attached hydrogen (secondary N) is 1. The molecule has 0 aliphatic heterocycles. The van der Waals surface area contributed by atoms with Gasteiger partial charge in [-0.05, 0) is 30.7 Å². The summed E-state index contributed by atoms with van der Waals surface area (Å²) in [5.74, 6) is -1.95. The van der Waals surface area contributed by atoms with Crippen molar-refractivity contribution in [2.45, 2.75) is 19.4 Å². The number of hydrogen-bond acceptors (Lipinski definition) is 4. The highest BCUT2D eigenvalue weighted by molar-refractivity contribution is 5.97. The van der Waals surface area contributed by atoms with Crippen LogP contribution >= 0.6 is 0 Å². The summed E-state index contributed by atoms with van der Waals surface area (Å²) in [6.45, 7) is 1.42. The lowest BCUT2D eigenvalue weighted by atomic mass is 10.2. The minimum absolute atomic E-state index is 0.260. The molecule has 0 aliphatic carbocycles. The van der Waals surface area contributed by atoms with Gasteiger partial charge >= 0.3 is 5.97 Å². The van der Waals surface area contributed by atoms with Crippen molar-refractivity contribution in [3.8, 4) is 0 Å². The molecule has 4 N–H and O–H groups in total. The van der Waals surface area contributed by atoms with Gasteiger partial charge in [0.1, 0.15) is 6.04 Å². The second-order valence-electron chi connectivity index (χ2n) is 4.57. The number of nitrogens with two attached hydrogens (primary N) is 1. The van der Waals surface area contributed by atoms with E-state index in [-0.39, 0.29) is 6.54 Å². The van der Waals surface area contributed by atoms with Crippen LogP contribution in [0.25, 0.3) is 0 Å². The van der Waals surface area contributed by atoms with Crippen molar-refractivity contribution < 1.29 is 19.5 Å². The van der Waals surface area contributed by atoms with Crippen LogP contribution in [0.5, 0.6) is 0 Å². The Bertz CT molecular complexity index is 528. The zero-order chi connectivity index (χ0) is 16.0. The van der Waals surface area contributed by atoms with Crippen molar-refractivity contribution in [2.75, 3.05) is 19.3 Å². The molecule has 2 amide bonds. The van der Waals surface area contributed by atoms with E-state index in [1.807, 2.05) is 0 Å². The monoisotopic (exact) mass is 293 g/mol. The van der Waals surface area contributed by atoms with Gasteiger partial charge in [-0.2, -0.15) is 0 Å². The average Bonchev–Trinajstić information content (AvgIpc) is 2.45. The highest BCUT2D eigenvalue weighted by atomic mass is 16.4. The molecule has 1 atom stereocenters. The molecule has 7 heteroatoms. The second kappa shape index (κ2) is 7.28. The minimum atomic E-state index is -1.07. The molecule has 1 aromatic rings. The van der Waals surface area contributed by atoms with E-state index in [1.165, 1.54) is 7.05 Å². The third-order valence-electron chi connectivity index (χ3n) is 3.11. The van der Waals surface area contributed by atoms with E-state index in [0.29, 0.717) is 17.7 Å². The summed E-state index contributed by atoms with van der Waals surface area (Å²) in [7, 11) is 1.40. The Morgan fingerprint density at radius 3 is 2.33 bits per heavy atom. The maximum Gasteiger partial charge on any atom is 0.326 e. The third-order valence-corrected chi connectivity index (χ3v) is 3.11. The average molecular weight is 293 g/mol. The molecule has 0 saturated carbocycles. The number of nitrogen functional groups attached to an aromatic ring is 1. The number of benzene rings is 1. The molecule has 1 unspecified atom stereocenters. The van der Waals surface area contributed by atoms with Gasteiger partial charge in [0.25, 0.3) is 5.91 Å². The molecule has 0 bridgehead atoms. The number of amides is 2. The van der Waals surface area contributed by atoms with Crippen LogP contribution in [0.3, 0.4) is 0 Å². The molecule has 1 aromatic carbocycles. The fourth-order valence-electron chi connectivity index (χ4n) is 1.81. The van der Waals surface area contributed by atoms with E-state index in [2.05, 4.69) is 5.32 Å². The Kier molecular flexibility index (Phi) is 5.71. The van der Waals surface area contributed by atoms with Crippen LogP contribution in [0, 0.1) is 0 Å². The van der Waals surface area contributed by atoms with E-state index in [4.69, 9.17) is 10.8 Å². The number of carbonyl (C=O) groups excluding carboxylic acids is 2. The summed E-state index contributed by atoms with van der Waals surface area (Å²) in [4.78, 5) is 35.8. The predicted molar refractivity (Wildman–Crippen MR) is 77.7 cm³/mol. The molecule has 0 fully saturated rings. The van der Waals surface area contributed by atoms with Crippen molar-refractivity contribution in [3.05, 3.63) is 29.8 Å². The Morgan fingerprint density at radius 1 is 1.29 bits per heavy atom. The number of carboxylic acids is 1. The summed E-state index contributed by atoms with van der Waals surface area (Å²) in [5, 5.41) is 11.4. The number of nitrogens with zero attached hydrogens (tertiary/aromatic N) is 1. The Morgan fingerprint density at radius 2 is 1.86 bits per heavy atom. The standard InChI is InChI=1S/C14H19N3O4/c1-3-11(14(20)21)17(2)12(18)8-16-13(19)9-4-6-10(15)7-5-9/h4-7,11H,3,8,15H2,1-2H3,(H,16,19)(H,20,21). The molecule has 1 rings (SSSR count). The molecule has 7 nitrogen and oxygen atoms in total. The maximum atomic E-state index is 11.9. The minimum Gasteiger partial charge on any atom is -0.480 e. The molecule has 0 aliphatic rings. The first-order valence-corrected chi connectivity index (χ1v) is 6.49. The van der Waals surface area contributed by atoms with Crippen LogP contribution in [0.2, 0.25) is 0 Å². The number of hydrogen-bond donors (Lipinski definition) is 3. The van der Waals surface area contributed by atoms with Crippen molar-refractivity contribution in [3.63, 3.8) is 0 Å². The highest BCUT2D eigenvalue weighted by Crippen LogP contribution is 2.05. The first-order chi connectivity index (χ1) is 9.86. The molecule has 0 saturated heterocycles. The van der Waals surface area contributed by atoms with E-state index < -0.39 is 23.8 Å². The number of anilines is 1. The van der Waals surface area contributed by atoms with Gasteiger partial charge < -0.3 is 21.1 Å².